The molecule has 3 nitrogen and oxygen atoms in total. The zero-order valence-corrected chi connectivity index (χ0v) is 12.5. The van der Waals surface area contributed by atoms with E-state index in [4.69, 9.17) is 10.5 Å². The summed E-state index contributed by atoms with van der Waals surface area (Å²) in [6.45, 7) is 5.22. The first kappa shape index (κ1) is 15.5. The third-order valence-electron chi connectivity index (χ3n) is 2.60. The molecule has 0 radical (unpaired) electrons. The Hall–Kier alpha value is -1.59. The largest absolute Gasteiger partial charge is 0.368 e. The maximum absolute atomic E-state index is 14.3. The van der Waals surface area contributed by atoms with E-state index in [1.54, 1.807) is 12.1 Å². The fourth-order valence-corrected chi connectivity index (χ4v) is 2.23. The summed E-state index contributed by atoms with van der Waals surface area (Å²) < 4.78 is 14.4. The second kappa shape index (κ2) is 7.11. The molecule has 0 unspecified atom stereocenters. The summed E-state index contributed by atoms with van der Waals surface area (Å²) in [6, 6.07) is 7.18. The molecule has 0 bridgehead atoms. The normalized spacial score (nSPS) is 10.1. The summed E-state index contributed by atoms with van der Waals surface area (Å²) in [6.07, 6.45) is 0.337. The van der Waals surface area contributed by atoms with Crippen molar-refractivity contribution in [3.63, 3.8) is 0 Å². The lowest BCUT2D eigenvalue weighted by molar-refractivity contribution is 0.578. The number of anilines is 1. The average Bonchev–Trinajstić information content (AvgIpc) is 2.37. The molecule has 0 fully saturated rings. The van der Waals surface area contributed by atoms with Gasteiger partial charge in [0.1, 0.15) is 6.07 Å². The van der Waals surface area contributed by atoms with Gasteiger partial charge in [0.15, 0.2) is 5.82 Å². The van der Waals surface area contributed by atoms with Crippen molar-refractivity contribution in [3.05, 3.63) is 28.0 Å². The molecule has 0 saturated heterocycles. The molecule has 5 heteroatoms. The maximum atomic E-state index is 14.3. The van der Waals surface area contributed by atoms with Crippen LogP contribution < -0.4 is 4.90 Å². The van der Waals surface area contributed by atoms with Gasteiger partial charge in [0.2, 0.25) is 0 Å². The van der Waals surface area contributed by atoms with E-state index in [1.807, 2.05) is 24.8 Å². The van der Waals surface area contributed by atoms with Crippen LogP contribution in [-0.2, 0) is 0 Å². The van der Waals surface area contributed by atoms with Crippen molar-refractivity contribution in [3.8, 4) is 12.1 Å². The average molecular weight is 324 g/mol. The monoisotopic (exact) mass is 323 g/mol. The molecule has 1 aromatic rings. The van der Waals surface area contributed by atoms with Crippen LogP contribution in [0.15, 0.2) is 16.6 Å². The Balaban J connectivity index is 3.12. The first-order valence-electron chi connectivity index (χ1n) is 6.01. The SMILES string of the molecule is CC(C)CN(CCC#N)c1ccc(C#N)c(Br)c1F. The third-order valence-corrected chi connectivity index (χ3v) is 3.38. The maximum Gasteiger partial charge on any atom is 0.161 e. The third kappa shape index (κ3) is 3.94. The minimum atomic E-state index is -0.447. The lowest BCUT2D eigenvalue weighted by atomic mass is 10.1. The Bertz CT molecular complexity index is 529. The zero-order chi connectivity index (χ0) is 14.4. The predicted octanol–water partition coefficient (Wildman–Crippen LogP) is 3.84. The molecule has 0 aliphatic heterocycles. The number of hydrogen-bond acceptors (Lipinski definition) is 3. The van der Waals surface area contributed by atoms with Crippen LogP contribution in [0.4, 0.5) is 10.1 Å². The molecule has 0 heterocycles. The Morgan fingerprint density at radius 1 is 1.37 bits per heavy atom. The summed E-state index contributed by atoms with van der Waals surface area (Å²) in [7, 11) is 0. The lowest BCUT2D eigenvalue weighted by Crippen LogP contribution is -2.29. The van der Waals surface area contributed by atoms with E-state index in [2.05, 4.69) is 22.0 Å². The topological polar surface area (TPSA) is 50.8 Å². The van der Waals surface area contributed by atoms with Crippen molar-refractivity contribution in [1.82, 2.24) is 0 Å². The van der Waals surface area contributed by atoms with Gasteiger partial charge >= 0.3 is 0 Å². The highest BCUT2D eigenvalue weighted by molar-refractivity contribution is 9.10. The van der Waals surface area contributed by atoms with Crippen LogP contribution >= 0.6 is 15.9 Å². The fraction of sp³-hybridized carbons (Fsp3) is 0.429. The fourth-order valence-electron chi connectivity index (χ4n) is 1.81. The van der Waals surface area contributed by atoms with Crippen LogP contribution in [0.1, 0.15) is 25.8 Å². The molecule has 0 atom stereocenters. The van der Waals surface area contributed by atoms with Crippen LogP contribution in [0.25, 0.3) is 0 Å². The quantitative estimate of drug-likeness (QED) is 0.827. The minimum Gasteiger partial charge on any atom is -0.368 e. The van der Waals surface area contributed by atoms with Gasteiger partial charge in [-0.1, -0.05) is 13.8 Å². The Labute approximate surface area is 121 Å². The molecule has 0 N–H and O–H groups in total. The van der Waals surface area contributed by atoms with Crippen molar-refractivity contribution in [2.24, 2.45) is 5.92 Å². The molecule has 1 rings (SSSR count). The summed E-state index contributed by atoms with van der Waals surface area (Å²) in [4.78, 5) is 1.84. The van der Waals surface area contributed by atoms with Gasteiger partial charge in [-0.2, -0.15) is 10.5 Å². The molecule has 0 aliphatic rings. The molecule has 0 aromatic heterocycles. The van der Waals surface area contributed by atoms with Crippen molar-refractivity contribution in [1.29, 1.82) is 10.5 Å². The van der Waals surface area contributed by atoms with Gasteiger partial charge in [-0.15, -0.1) is 0 Å². The summed E-state index contributed by atoms with van der Waals surface area (Å²) in [5, 5.41) is 17.5. The number of halogens is 2. The summed E-state index contributed by atoms with van der Waals surface area (Å²) >= 11 is 3.10. The Morgan fingerprint density at radius 3 is 2.58 bits per heavy atom. The number of hydrogen-bond donors (Lipinski definition) is 0. The molecule has 100 valence electrons. The van der Waals surface area contributed by atoms with Crippen molar-refractivity contribution < 1.29 is 4.39 Å². The van der Waals surface area contributed by atoms with Crippen molar-refractivity contribution >= 4 is 21.6 Å². The van der Waals surface area contributed by atoms with Gasteiger partial charge in [-0.3, -0.25) is 0 Å². The lowest BCUT2D eigenvalue weighted by Gasteiger charge is -2.26. The summed E-state index contributed by atoms with van der Waals surface area (Å²) in [5.74, 6) is -0.0925. The second-order valence-electron chi connectivity index (χ2n) is 4.62. The molecular formula is C14H15BrFN3. The molecule has 0 saturated carbocycles. The van der Waals surface area contributed by atoms with Crippen molar-refractivity contribution in [2.75, 3.05) is 18.0 Å². The van der Waals surface area contributed by atoms with E-state index in [-0.39, 0.29) is 10.0 Å². The van der Waals surface area contributed by atoms with Gasteiger partial charge in [0.25, 0.3) is 0 Å². The highest BCUT2D eigenvalue weighted by Crippen LogP contribution is 2.29. The first-order chi connectivity index (χ1) is 9.01. The molecular weight excluding hydrogens is 309 g/mol. The van der Waals surface area contributed by atoms with Crippen LogP contribution in [0.2, 0.25) is 0 Å². The van der Waals surface area contributed by atoms with Crippen molar-refractivity contribution in [2.45, 2.75) is 20.3 Å². The van der Waals surface area contributed by atoms with Gasteiger partial charge in [0.05, 0.1) is 28.2 Å². The van der Waals surface area contributed by atoms with E-state index in [9.17, 15) is 4.39 Å². The van der Waals surface area contributed by atoms with Gasteiger partial charge < -0.3 is 4.90 Å². The standard InChI is InChI=1S/C14H15BrFN3/c1-10(2)9-19(7-3-6-17)12-5-4-11(8-18)13(15)14(12)16/h4-5,10H,3,7,9H2,1-2H3. The van der Waals surface area contributed by atoms with Gasteiger partial charge in [0, 0.05) is 13.1 Å². The summed E-state index contributed by atoms with van der Waals surface area (Å²) in [5.41, 5.74) is 0.695. The molecule has 1 aromatic carbocycles. The van der Waals surface area contributed by atoms with E-state index in [1.165, 1.54) is 0 Å². The Kier molecular flexibility index (Phi) is 5.79. The minimum absolute atomic E-state index is 0.179. The van der Waals surface area contributed by atoms with Crippen LogP contribution in [-0.4, -0.2) is 13.1 Å². The van der Waals surface area contributed by atoms with E-state index in [0.29, 0.717) is 31.1 Å². The van der Waals surface area contributed by atoms with Gasteiger partial charge in [-0.25, -0.2) is 4.39 Å². The predicted molar refractivity (Wildman–Crippen MR) is 76.1 cm³/mol. The molecule has 0 spiro atoms. The highest BCUT2D eigenvalue weighted by atomic mass is 79.9. The number of nitriles is 2. The van der Waals surface area contributed by atoms with Crippen LogP contribution in [0.3, 0.4) is 0 Å². The van der Waals surface area contributed by atoms with Crippen LogP contribution in [0, 0.1) is 34.4 Å². The van der Waals surface area contributed by atoms with Crippen LogP contribution in [0.5, 0.6) is 0 Å². The first-order valence-corrected chi connectivity index (χ1v) is 6.80. The highest BCUT2D eigenvalue weighted by Gasteiger charge is 2.17. The van der Waals surface area contributed by atoms with Gasteiger partial charge in [-0.05, 0) is 34.0 Å². The van der Waals surface area contributed by atoms with E-state index in [0.717, 1.165) is 0 Å². The zero-order valence-electron chi connectivity index (χ0n) is 11.0. The molecule has 19 heavy (non-hydrogen) atoms. The number of rotatable bonds is 5. The number of nitrogens with zero attached hydrogens (tertiary/aromatic N) is 3. The molecule has 0 aliphatic carbocycles. The Morgan fingerprint density at radius 2 is 2.05 bits per heavy atom. The molecule has 0 amide bonds. The van der Waals surface area contributed by atoms with E-state index >= 15 is 0 Å². The second-order valence-corrected chi connectivity index (χ2v) is 5.41. The van der Waals surface area contributed by atoms with E-state index < -0.39 is 5.82 Å². The smallest absolute Gasteiger partial charge is 0.161 e. The number of benzene rings is 1.